The Bertz CT molecular complexity index is 1010. The Morgan fingerprint density at radius 1 is 1.28 bits per heavy atom. The number of nitrogens with one attached hydrogen (secondary N) is 2. The second-order valence-corrected chi connectivity index (χ2v) is 6.99. The summed E-state index contributed by atoms with van der Waals surface area (Å²) in [5.41, 5.74) is 3.13. The van der Waals surface area contributed by atoms with Crippen molar-refractivity contribution in [1.29, 1.82) is 0 Å². The number of para-hydroxylation sites is 1. The van der Waals surface area contributed by atoms with Crippen LogP contribution >= 0.6 is 0 Å². The third kappa shape index (κ3) is 4.39. The number of nitrogens with zero attached hydrogens (tertiary/aromatic N) is 3. The molecule has 0 radical (unpaired) electrons. The van der Waals surface area contributed by atoms with Gasteiger partial charge in [-0.15, -0.1) is 0 Å². The van der Waals surface area contributed by atoms with Crippen molar-refractivity contribution < 1.29 is 9.53 Å². The second-order valence-electron chi connectivity index (χ2n) is 6.99. The third-order valence-electron chi connectivity index (χ3n) is 4.91. The van der Waals surface area contributed by atoms with Crippen molar-refractivity contribution in [2.45, 2.75) is 26.2 Å². The molecule has 3 heterocycles. The molecule has 0 aliphatic carbocycles. The standard InChI is InChI=1S/C22H25N5O2/c1-2-8-18(23-15-20(28)27-11-6-7-12-27)17-13-24-22-21(17)26-19(14-25-22)29-16-9-4-3-5-10-16/h3-5,8-10,13-14,23H,2,6-7,11-12,15H2,1H3,(H,24,25)/b18-8+. The van der Waals surface area contributed by atoms with Crippen LogP contribution in [0.4, 0.5) is 0 Å². The molecular weight excluding hydrogens is 366 g/mol. The van der Waals surface area contributed by atoms with Gasteiger partial charge in [-0.25, -0.2) is 9.97 Å². The Balaban J connectivity index is 1.55. The molecular formula is C22H25N5O2. The summed E-state index contributed by atoms with van der Waals surface area (Å²) in [5, 5.41) is 3.30. The highest BCUT2D eigenvalue weighted by Crippen LogP contribution is 2.25. The van der Waals surface area contributed by atoms with Gasteiger partial charge in [0.2, 0.25) is 11.8 Å². The highest BCUT2D eigenvalue weighted by Gasteiger charge is 2.19. The topological polar surface area (TPSA) is 83.1 Å². The smallest absolute Gasteiger partial charge is 0.241 e. The number of allylic oxidation sites excluding steroid dienone is 1. The summed E-state index contributed by atoms with van der Waals surface area (Å²) >= 11 is 0. The lowest BCUT2D eigenvalue weighted by Crippen LogP contribution is -2.35. The van der Waals surface area contributed by atoms with Crippen LogP contribution in [0.15, 0.2) is 48.8 Å². The average Bonchev–Trinajstić information content (AvgIpc) is 3.42. The molecule has 1 aliphatic rings. The molecule has 1 amide bonds. The largest absolute Gasteiger partial charge is 0.437 e. The van der Waals surface area contributed by atoms with E-state index in [1.807, 2.05) is 41.4 Å². The van der Waals surface area contributed by atoms with Gasteiger partial charge in [0.1, 0.15) is 11.3 Å². The van der Waals surface area contributed by atoms with Crippen molar-refractivity contribution in [2.75, 3.05) is 19.6 Å². The number of ether oxygens (including phenoxy) is 1. The first-order valence-corrected chi connectivity index (χ1v) is 10.0. The highest BCUT2D eigenvalue weighted by molar-refractivity contribution is 5.88. The number of H-pyrrole nitrogens is 1. The molecule has 1 fully saturated rings. The molecule has 150 valence electrons. The number of aromatic amines is 1. The summed E-state index contributed by atoms with van der Waals surface area (Å²) in [7, 11) is 0. The van der Waals surface area contributed by atoms with E-state index in [2.05, 4.69) is 33.3 Å². The minimum Gasteiger partial charge on any atom is -0.437 e. The number of carbonyl (C=O) groups is 1. The molecule has 2 aromatic heterocycles. The molecule has 0 atom stereocenters. The average molecular weight is 391 g/mol. The minimum atomic E-state index is 0.128. The molecule has 0 saturated carbocycles. The van der Waals surface area contributed by atoms with Crippen LogP contribution in [0, 0.1) is 0 Å². The van der Waals surface area contributed by atoms with Gasteiger partial charge in [0.15, 0.2) is 5.65 Å². The molecule has 7 nitrogen and oxygen atoms in total. The van der Waals surface area contributed by atoms with Crippen molar-refractivity contribution in [3.05, 3.63) is 54.4 Å². The summed E-state index contributed by atoms with van der Waals surface area (Å²) in [4.78, 5) is 26.6. The summed E-state index contributed by atoms with van der Waals surface area (Å²) in [6.07, 6.45) is 8.54. The zero-order valence-corrected chi connectivity index (χ0v) is 16.5. The number of hydrogen-bond acceptors (Lipinski definition) is 5. The fourth-order valence-electron chi connectivity index (χ4n) is 3.47. The molecule has 29 heavy (non-hydrogen) atoms. The zero-order chi connectivity index (χ0) is 20.1. The lowest BCUT2D eigenvalue weighted by atomic mass is 10.2. The maximum absolute atomic E-state index is 12.4. The van der Waals surface area contributed by atoms with E-state index in [0.29, 0.717) is 22.8 Å². The first kappa shape index (κ1) is 19.0. The van der Waals surface area contributed by atoms with E-state index in [9.17, 15) is 4.79 Å². The molecule has 0 spiro atoms. The molecule has 1 aliphatic heterocycles. The van der Waals surface area contributed by atoms with Gasteiger partial charge in [0, 0.05) is 30.5 Å². The van der Waals surface area contributed by atoms with Gasteiger partial charge in [-0.3, -0.25) is 4.79 Å². The molecule has 3 aromatic rings. The predicted octanol–water partition coefficient (Wildman–Crippen LogP) is 3.71. The first-order chi connectivity index (χ1) is 14.2. The first-order valence-electron chi connectivity index (χ1n) is 10.0. The monoisotopic (exact) mass is 391 g/mol. The maximum atomic E-state index is 12.4. The zero-order valence-electron chi connectivity index (χ0n) is 16.5. The number of hydrogen-bond donors (Lipinski definition) is 2. The fraction of sp³-hybridized carbons (Fsp3) is 0.318. The molecule has 2 N–H and O–H groups in total. The Kier molecular flexibility index (Phi) is 5.74. The molecule has 4 rings (SSSR count). The van der Waals surface area contributed by atoms with Crippen LogP contribution < -0.4 is 10.1 Å². The summed E-state index contributed by atoms with van der Waals surface area (Å²) in [6, 6.07) is 9.50. The number of fused-ring (bicyclic) bond motifs is 1. The van der Waals surface area contributed by atoms with Gasteiger partial charge >= 0.3 is 0 Å². The van der Waals surface area contributed by atoms with Crippen LogP contribution in [0.3, 0.4) is 0 Å². The maximum Gasteiger partial charge on any atom is 0.241 e. The normalized spacial score (nSPS) is 14.4. The quantitative estimate of drug-likeness (QED) is 0.641. The van der Waals surface area contributed by atoms with Crippen LogP contribution in [0.1, 0.15) is 31.7 Å². The van der Waals surface area contributed by atoms with Crippen molar-refractivity contribution in [1.82, 2.24) is 25.2 Å². The number of rotatable bonds is 7. The predicted molar refractivity (Wildman–Crippen MR) is 112 cm³/mol. The lowest BCUT2D eigenvalue weighted by Gasteiger charge is -2.17. The van der Waals surface area contributed by atoms with Crippen LogP contribution in [-0.2, 0) is 4.79 Å². The number of likely N-dealkylation sites (tertiary alicyclic amines) is 1. The van der Waals surface area contributed by atoms with Crippen molar-refractivity contribution in [3.8, 4) is 11.6 Å². The Labute approximate surface area is 169 Å². The Hall–Kier alpha value is -3.35. The molecule has 1 saturated heterocycles. The van der Waals surface area contributed by atoms with Crippen LogP contribution in [0.5, 0.6) is 11.6 Å². The Morgan fingerprint density at radius 2 is 2.07 bits per heavy atom. The van der Waals surface area contributed by atoms with E-state index < -0.39 is 0 Å². The summed E-state index contributed by atoms with van der Waals surface area (Å²) in [5.74, 6) is 1.26. The number of benzene rings is 1. The van der Waals surface area contributed by atoms with Gasteiger partial charge in [0.25, 0.3) is 0 Å². The van der Waals surface area contributed by atoms with E-state index in [-0.39, 0.29) is 12.5 Å². The molecule has 0 unspecified atom stereocenters. The van der Waals surface area contributed by atoms with Gasteiger partial charge in [-0.05, 0) is 31.4 Å². The lowest BCUT2D eigenvalue weighted by molar-refractivity contribution is -0.128. The number of carbonyl (C=O) groups excluding carboxylic acids is 1. The SMILES string of the molecule is CC/C=C(/NCC(=O)N1CCCC1)c1c[nH]c2ncc(Oc3ccccc3)nc12. The molecule has 0 bridgehead atoms. The molecule has 7 heteroatoms. The van der Waals surface area contributed by atoms with Crippen LogP contribution in [0.2, 0.25) is 0 Å². The van der Waals surface area contributed by atoms with Gasteiger partial charge in [-0.2, -0.15) is 0 Å². The summed E-state index contributed by atoms with van der Waals surface area (Å²) < 4.78 is 5.83. The fourth-order valence-corrected chi connectivity index (χ4v) is 3.47. The van der Waals surface area contributed by atoms with Crippen molar-refractivity contribution >= 4 is 22.8 Å². The minimum absolute atomic E-state index is 0.128. The van der Waals surface area contributed by atoms with E-state index in [1.54, 1.807) is 6.20 Å². The van der Waals surface area contributed by atoms with Gasteiger partial charge in [-0.1, -0.05) is 31.2 Å². The third-order valence-corrected chi connectivity index (χ3v) is 4.91. The van der Waals surface area contributed by atoms with Gasteiger partial charge in [0.05, 0.1) is 12.7 Å². The van der Waals surface area contributed by atoms with Crippen molar-refractivity contribution in [2.24, 2.45) is 0 Å². The van der Waals surface area contributed by atoms with E-state index in [4.69, 9.17) is 4.74 Å². The summed E-state index contributed by atoms with van der Waals surface area (Å²) in [6.45, 7) is 4.04. The van der Waals surface area contributed by atoms with Crippen LogP contribution in [-0.4, -0.2) is 45.4 Å². The number of aromatic nitrogens is 3. The van der Waals surface area contributed by atoms with E-state index in [0.717, 1.165) is 43.6 Å². The van der Waals surface area contributed by atoms with Gasteiger partial charge < -0.3 is 19.9 Å². The Morgan fingerprint density at radius 3 is 2.83 bits per heavy atom. The van der Waals surface area contributed by atoms with E-state index in [1.165, 1.54) is 0 Å². The second kappa shape index (κ2) is 8.77. The van der Waals surface area contributed by atoms with Crippen LogP contribution in [0.25, 0.3) is 16.9 Å². The molecule has 1 aromatic carbocycles. The highest BCUT2D eigenvalue weighted by atomic mass is 16.5. The van der Waals surface area contributed by atoms with E-state index >= 15 is 0 Å². The number of amides is 1. The van der Waals surface area contributed by atoms with Crippen molar-refractivity contribution in [3.63, 3.8) is 0 Å².